The Bertz CT molecular complexity index is 351. The van der Waals surface area contributed by atoms with Crippen LogP contribution in [0, 0.1) is 5.92 Å². The van der Waals surface area contributed by atoms with Crippen molar-refractivity contribution in [3.63, 3.8) is 0 Å². The van der Waals surface area contributed by atoms with Crippen LogP contribution in [0.4, 0.5) is 0 Å². The van der Waals surface area contributed by atoms with Crippen LogP contribution in [0.15, 0.2) is 30.3 Å². The van der Waals surface area contributed by atoms with E-state index >= 15 is 0 Å². The number of hydrogen-bond acceptors (Lipinski definition) is 3. The van der Waals surface area contributed by atoms with Crippen LogP contribution in [-0.2, 0) is 16.0 Å². The summed E-state index contributed by atoms with van der Waals surface area (Å²) in [6.07, 6.45) is 2.65. The molecule has 0 aromatic heterocycles. The number of ether oxygens (including phenoxy) is 1. The molecular weight excluding hydrogens is 226 g/mol. The Kier molecular flexibility index (Phi) is 6.44. The molecule has 0 aliphatic rings. The van der Waals surface area contributed by atoms with Gasteiger partial charge in [-0.25, -0.2) is 0 Å². The van der Waals surface area contributed by atoms with Crippen LogP contribution in [0.5, 0.6) is 0 Å². The first-order valence-corrected chi connectivity index (χ1v) is 6.61. The second kappa shape index (κ2) is 7.88. The standard InChI is InChI=1S/C15H23NO2/c1-3-12(2)14(16)15(17)18-11-7-10-13-8-5-4-6-9-13/h4-6,8-9,12,14H,3,7,10-11,16H2,1-2H3/t12?,14-/m0/s1. The third kappa shape index (κ3) is 4.88. The van der Waals surface area contributed by atoms with Gasteiger partial charge in [-0.2, -0.15) is 0 Å². The lowest BCUT2D eigenvalue weighted by molar-refractivity contribution is -0.146. The fraction of sp³-hybridized carbons (Fsp3) is 0.533. The zero-order valence-electron chi connectivity index (χ0n) is 11.3. The maximum absolute atomic E-state index is 11.6. The van der Waals surface area contributed by atoms with E-state index in [1.54, 1.807) is 0 Å². The minimum Gasteiger partial charge on any atom is -0.465 e. The topological polar surface area (TPSA) is 52.3 Å². The molecular formula is C15H23NO2. The number of carbonyl (C=O) groups excluding carboxylic acids is 1. The summed E-state index contributed by atoms with van der Waals surface area (Å²) in [5, 5.41) is 0. The molecule has 2 atom stereocenters. The molecule has 3 heteroatoms. The third-order valence-corrected chi connectivity index (χ3v) is 3.23. The normalized spacial score (nSPS) is 13.9. The molecule has 1 aromatic carbocycles. The van der Waals surface area contributed by atoms with Crippen LogP contribution in [0.25, 0.3) is 0 Å². The van der Waals surface area contributed by atoms with E-state index in [-0.39, 0.29) is 11.9 Å². The van der Waals surface area contributed by atoms with Gasteiger partial charge >= 0.3 is 5.97 Å². The molecule has 1 rings (SSSR count). The molecule has 0 saturated carbocycles. The summed E-state index contributed by atoms with van der Waals surface area (Å²) in [4.78, 5) is 11.6. The van der Waals surface area contributed by atoms with E-state index in [9.17, 15) is 4.79 Å². The zero-order chi connectivity index (χ0) is 13.4. The predicted molar refractivity (Wildman–Crippen MR) is 73.2 cm³/mol. The number of aryl methyl sites for hydroxylation is 1. The highest BCUT2D eigenvalue weighted by atomic mass is 16.5. The number of rotatable bonds is 7. The summed E-state index contributed by atoms with van der Waals surface area (Å²) >= 11 is 0. The first-order chi connectivity index (χ1) is 8.65. The number of benzene rings is 1. The average Bonchev–Trinajstić information content (AvgIpc) is 2.42. The average molecular weight is 249 g/mol. The first kappa shape index (κ1) is 14.7. The van der Waals surface area contributed by atoms with Gasteiger partial charge in [0.05, 0.1) is 6.61 Å². The molecule has 0 aliphatic carbocycles. The molecule has 18 heavy (non-hydrogen) atoms. The number of nitrogens with two attached hydrogens (primary N) is 1. The fourth-order valence-electron chi connectivity index (χ4n) is 1.68. The van der Waals surface area contributed by atoms with Gasteiger partial charge in [-0.1, -0.05) is 50.6 Å². The lowest BCUT2D eigenvalue weighted by atomic mass is 10.0. The summed E-state index contributed by atoms with van der Waals surface area (Å²) in [7, 11) is 0. The van der Waals surface area contributed by atoms with Crippen molar-refractivity contribution in [2.45, 2.75) is 39.2 Å². The summed E-state index contributed by atoms with van der Waals surface area (Å²) in [6, 6.07) is 9.68. The Morgan fingerprint density at radius 2 is 2.00 bits per heavy atom. The molecule has 2 N–H and O–H groups in total. The van der Waals surface area contributed by atoms with Crippen LogP contribution in [-0.4, -0.2) is 18.6 Å². The van der Waals surface area contributed by atoms with Crippen LogP contribution in [0.3, 0.4) is 0 Å². The van der Waals surface area contributed by atoms with Gasteiger partial charge in [0, 0.05) is 0 Å². The molecule has 1 aromatic rings. The second-order valence-electron chi connectivity index (χ2n) is 4.67. The lowest BCUT2D eigenvalue weighted by Gasteiger charge is -2.16. The van der Waals surface area contributed by atoms with Crippen molar-refractivity contribution in [1.29, 1.82) is 0 Å². The summed E-state index contributed by atoms with van der Waals surface area (Å²) < 4.78 is 5.18. The quantitative estimate of drug-likeness (QED) is 0.597. The van der Waals surface area contributed by atoms with Crippen LogP contribution in [0.2, 0.25) is 0 Å². The molecule has 0 bridgehead atoms. The molecule has 0 amide bonds. The summed E-state index contributed by atoms with van der Waals surface area (Å²) in [5.74, 6) is -0.107. The Labute approximate surface area is 109 Å². The van der Waals surface area contributed by atoms with Crippen LogP contribution in [0.1, 0.15) is 32.3 Å². The number of hydrogen-bond donors (Lipinski definition) is 1. The van der Waals surface area contributed by atoms with E-state index in [0.717, 1.165) is 19.3 Å². The Balaban J connectivity index is 2.20. The van der Waals surface area contributed by atoms with Gasteiger partial charge in [0.2, 0.25) is 0 Å². The number of esters is 1. The van der Waals surface area contributed by atoms with Crippen molar-refractivity contribution >= 4 is 5.97 Å². The lowest BCUT2D eigenvalue weighted by Crippen LogP contribution is -2.38. The van der Waals surface area contributed by atoms with Gasteiger partial charge in [0.1, 0.15) is 6.04 Å². The van der Waals surface area contributed by atoms with Crippen LogP contribution >= 0.6 is 0 Å². The van der Waals surface area contributed by atoms with Gasteiger partial charge in [-0.15, -0.1) is 0 Å². The molecule has 0 fully saturated rings. The van der Waals surface area contributed by atoms with Crippen molar-refractivity contribution < 1.29 is 9.53 Å². The van der Waals surface area contributed by atoms with E-state index in [0.29, 0.717) is 6.61 Å². The monoisotopic (exact) mass is 249 g/mol. The van der Waals surface area contributed by atoms with Gasteiger partial charge in [-0.3, -0.25) is 4.79 Å². The van der Waals surface area contributed by atoms with E-state index in [4.69, 9.17) is 10.5 Å². The molecule has 3 nitrogen and oxygen atoms in total. The highest BCUT2D eigenvalue weighted by molar-refractivity contribution is 5.75. The predicted octanol–water partition coefficient (Wildman–Crippen LogP) is 2.54. The van der Waals surface area contributed by atoms with Crippen molar-refractivity contribution in [2.24, 2.45) is 11.7 Å². The Morgan fingerprint density at radius 1 is 1.33 bits per heavy atom. The SMILES string of the molecule is CCC(C)[C@H](N)C(=O)OCCCc1ccccc1. The van der Waals surface area contributed by atoms with Crippen molar-refractivity contribution in [1.82, 2.24) is 0 Å². The molecule has 0 heterocycles. The first-order valence-electron chi connectivity index (χ1n) is 6.61. The van der Waals surface area contributed by atoms with E-state index in [1.807, 2.05) is 32.0 Å². The molecule has 0 saturated heterocycles. The van der Waals surface area contributed by atoms with Crippen molar-refractivity contribution in [2.75, 3.05) is 6.61 Å². The summed E-state index contributed by atoms with van der Waals surface area (Å²) in [5.41, 5.74) is 7.05. The molecule has 0 aliphatic heterocycles. The maximum atomic E-state index is 11.6. The second-order valence-corrected chi connectivity index (χ2v) is 4.67. The minimum atomic E-state index is -0.494. The molecule has 0 spiro atoms. The third-order valence-electron chi connectivity index (χ3n) is 3.23. The van der Waals surface area contributed by atoms with Gasteiger partial charge in [0.25, 0.3) is 0 Å². The Hall–Kier alpha value is -1.35. The van der Waals surface area contributed by atoms with Crippen molar-refractivity contribution in [3.05, 3.63) is 35.9 Å². The van der Waals surface area contributed by atoms with Gasteiger partial charge in [0.15, 0.2) is 0 Å². The summed E-state index contributed by atoms with van der Waals surface area (Å²) in [6.45, 7) is 4.43. The highest BCUT2D eigenvalue weighted by Gasteiger charge is 2.20. The highest BCUT2D eigenvalue weighted by Crippen LogP contribution is 2.07. The number of carbonyl (C=O) groups is 1. The fourth-order valence-corrected chi connectivity index (χ4v) is 1.68. The molecule has 0 radical (unpaired) electrons. The zero-order valence-corrected chi connectivity index (χ0v) is 11.3. The maximum Gasteiger partial charge on any atom is 0.323 e. The van der Waals surface area contributed by atoms with E-state index < -0.39 is 6.04 Å². The smallest absolute Gasteiger partial charge is 0.323 e. The molecule has 1 unspecified atom stereocenters. The van der Waals surface area contributed by atoms with Crippen LogP contribution < -0.4 is 5.73 Å². The van der Waals surface area contributed by atoms with Crippen molar-refractivity contribution in [3.8, 4) is 0 Å². The van der Waals surface area contributed by atoms with Gasteiger partial charge in [-0.05, 0) is 24.3 Å². The van der Waals surface area contributed by atoms with E-state index in [2.05, 4.69) is 12.1 Å². The Morgan fingerprint density at radius 3 is 2.61 bits per heavy atom. The van der Waals surface area contributed by atoms with E-state index in [1.165, 1.54) is 5.56 Å². The van der Waals surface area contributed by atoms with Gasteiger partial charge < -0.3 is 10.5 Å². The largest absolute Gasteiger partial charge is 0.465 e. The molecule has 100 valence electrons. The minimum absolute atomic E-state index is 0.173.